The number of ketones is 1. The van der Waals surface area contributed by atoms with Crippen LogP contribution in [0.2, 0.25) is 0 Å². The standard InChI is InChI=1S/C14H16O/c1-10-8-13(9-14(15)11(10)2)12-6-4-3-5-7-12/h3-7,9-11H,8H2,1-2H3. The van der Waals surface area contributed by atoms with Crippen molar-refractivity contribution in [2.45, 2.75) is 20.3 Å². The number of carbonyl (C=O) groups is 1. The molecule has 15 heavy (non-hydrogen) atoms. The van der Waals surface area contributed by atoms with Crippen LogP contribution in [0.15, 0.2) is 36.4 Å². The van der Waals surface area contributed by atoms with Crippen LogP contribution >= 0.6 is 0 Å². The molecule has 2 rings (SSSR count). The predicted molar refractivity (Wildman–Crippen MR) is 62.4 cm³/mol. The molecule has 0 N–H and O–H groups in total. The number of carbonyl (C=O) groups excluding carboxylic acids is 1. The van der Waals surface area contributed by atoms with Gasteiger partial charge in [-0.1, -0.05) is 44.2 Å². The van der Waals surface area contributed by atoms with Crippen molar-refractivity contribution in [1.82, 2.24) is 0 Å². The van der Waals surface area contributed by atoms with Gasteiger partial charge < -0.3 is 0 Å². The Bertz CT molecular complexity index is 389. The van der Waals surface area contributed by atoms with Crippen molar-refractivity contribution in [2.75, 3.05) is 0 Å². The minimum atomic E-state index is 0.178. The lowest BCUT2D eigenvalue weighted by Crippen LogP contribution is -2.22. The molecular formula is C14H16O. The second-order valence-electron chi connectivity index (χ2n) is 4.41. The molecule has 78 valence electrons. The summed E-state index contributed by atoms with van der Waals surface area (Å²) in [5.74, 6) is 0.905. The summed E-state index contributed by atoms with van der Waals surface area (Å²) in [4.78, 5) is 11.7. The lowest BCUT2D eigenvalue weighted by molar-refractivity contribution is -0.119. The van der Waals surface area contributed by atoms with Crippen molar-refractivity contribution in [1.29, 1.82) is 0 Å². The first kappa shape index (κ1) is 10.2. The van der Waals surface area contributed by atoms with E-state index in [1.807, 2.05) is 31.2 Å². The largest absolute Gasteiger partial charge is 0.295 e. The molecule has 0 bridgehead atoms. The fourth-order valence-electron chi connectivity index (χ4n) is 2.02. The third kappa shape index (κ3) is 2.01. The summed E-state index contributed by atoms with van der Waals surface area (Å²) in [6.07, 6.45) is 2.83. The van der Waals surface area contributed by atoms with Crippen molar-refractivity contribution < 1.29 is 4.79 Å². The van der Waals surface area contributed by atoms with Crippen molar-refractivity contribution in [2.24, 2.45) is 11.8 Å². The molecule has 1 aliphatic rings. The molecular weight excluding hydrogens is 184 g/mol. The van der Waals surface area contributed by atoms with Gasteiger partial charge in [-0.25, -0.2) is 0 Å². The van der Waals surface area contributed by atoms with E-state index in [0.717, 1.165) is 6.42 Å². The van der Waals surface area contributed by atoms with Gasteiger partial charge in [-0.05, 0) is 29.6 Å². The minimum Gasteiger partial charge on any atom is -0.295 e. The zero-order chi connectivity index (χ0) is 10.8. The van der Waals surface area contributed by atoms with E-state index in [1.54, 1.807) is 0 Å². The average molecular weight is 200 g/mol. The normalized spacial score (nSPS) is 26.3. The van der Waals surface area contributed by atoms with Gasteiger partial charge in [0, 0.05) is 5.92 Å². The summed E-state index contributed by atoms with van der Waals surface area (Å²) in [6, 6.07) is 10.2. The van der Waals surface area contributed by atoms with Crippen molar-refractivity contribution >= 4 is 11.4 Å². The van der Waals surface area contributed by atoms with Crippen LogP contribution in [0.3, 0.4) is 0 Å². The Labute approximate surface area is 90.8 Å². The van der Waals surface area contributed by atoms with Crippen LogP contribution in [0.1, 0.15) is 25.8 Å². The van der Waals surface area contributed by atoms with Gasteiger partial charge in [0.1, 0.15) is 0 Å². The van der Waals surface area contributed by atoms with Gasteiger partial charge in [0.2, 0.25) is 0 Å². The maximum Gasteiger partial charge on any atom is 0.159 e. The predicted octanol–water partition coefficient (Wildman–Crippen LogP) is 3.32. The van der Waals surface area contributed by atoms with Crippen LogP contribution in [0.25, 0.3) is 5.57 Å². The fraction of sp³-hybridized carbons (Fsp3) is 0.357. The molecule has 1 aliphatic carbocycles. The first-order valence-electron chi connectivity index (χ1n) is 5.48. The van der Waals surface area contributed by atoms with Crippen molar-refractivity contribution in [3.63, 3.8) is 0 Å². The molecule has 1 aromatic rings. The number of benzene rings is 1. The van der Waals surface area contributed by atoms with E-state index >= 15 is 0 Å². The number of hydrogen-bond donors (Lipinski definition) is 0. The van der Waals surface area contributed by atoms with Crippen LogP contribution in [-0.2, 0) is 4.79 Å². The fourth-order valence-corrected chi connectivity index (χ4v) is 2.02. The molecule has 0 aromatic heterocycles. The minimum absolute atomic E-state index is 0.178. The van der Waals surface area contributed by atoms with Crippen LogP contribution in [0.5, 0.6) is 0 Å². The van der Waals surface area contributed by atoms with E-state index in [9.17, 15) is 4.79 Å². The second-order valence-corrected chi connectivity index (χ2v) is 4.41. The maximum atomic E-state index is 11.7. The lowest BCUT2D eigenvalue weighted by atomic mass is 9.79. The Balaban J connectivity index is 2.32. The molecule has 0 saturated carbocycles. The van der Waals surface area contributed by atoms with Gasteiger partial charge in [-0.15, -0.1) is 0 Å². The van der Waals surface area contributed by atoms with E-state index < -0.39 is 0 Å². The van der Waals surface area contributed by atoms with Gasteiger partial charge in [-0.3, -0.25) is 4.79 Å². The molecule has 0 saturated heterocycles. The molecule has 0 fully saturated rings. The molecule has 0 heterocycles. The van der Waals surface area contributed by atoms with E-state index in [4.69, 9.17) is 0 Å². The molecule has 2 unspecified atom stereocenters. The lowest BCUT2D eigenvalue weighted by Gasteiger charge is -2.24. The summed E-state index contributed by atoms with van der Waals surface area (Å²) in [5, 5.41) is 0. The average Bonchev–Trinajstić information content (AvgIpc) is 2.26. The zero-order valence-corrected chi connectivity index (χ0v) is 9.23. The number of hydrogen-bond acceptors (Lipinski definition) is 1. The SMILES string of the molecule is CC1CC(c2ccccc2)=CC(=O)C1C. The molecule has 0 spiro atoms. The summed E-state index contributed by atoms with van der Waals surface area (Å²) in [7, 11) is 0. The molecule has 2 atom stereocenters. The highest BCUT2D eigenvalue weighted by molar-refractivity contribution is 6.00. The Morgan fingerprint density at radius 1 is 1.13 bits per heavy atom. The topological polar surface area (TPSA) is 17.1 Å². The van der Waals surface area contributed by atoms with Crippen molar-refractivity contribution in [3.05, 3.63) is 42.0 Å². The van der Waals surface area contributed by atoms with E-state index in [1.165, 1.54) is 11.1 Å². The van der Waals surface area contributed by atoms with Gasteiger partial charge in [0.15, 0.2) is 5.78 Å². The van der Waals surface area contributed by atoms with Crippen molar-refractivity contribution in [3.8, 4) is 0 Å². The van der Waals surface area contributed by atoms with Gasteiger partial charge in [0.05, 0.1) is 0 Å². The van der Waals surface area contributed by atoms with E-state index in [-0.39, 0.29) is 11.7 Å². The van der Waals surface area contributed by atoms with E-state index in [2.05, 4.69) is 19.1 Å². The Morgan fingerprint density at radius 3 is 2.40 bits per heavy atom. The Hall–Kier alpha value is -1.37. The molecule has 1 aromatic carbocycles. The zero-order valence-electron chi connectivity index (χ0n) is 9.23. The van der Waals surface area contributed by atoms with Crippen LogP contribution in [-0.4, -0.2) is 5.78 Å². The molecule has 1 heteroatoms. The maximum absolute atomic E-state index is 11.7. The third-order valence-corrected chi connectivity index (χ3v) is 3.31. The Kier molecular flexibility index (Phi) is 2.72. The Morgan fingerprint density at radius 2 is 1.80 bits per heavy atom. The van der Waals surface area contributed by atoms with Gasteiger partial charge >= 0.3 is 0 Å². The highest BCUT2D eigenvalue weighted by Crippen LogP contribution is 2.32. The summed E-state index contributed by atoms with van der Waals surface area (Å²) in [5.41, 5.74) is 2.37. The molecule has 0 radical (unpaired) electrons. The molecule has 1 nitrogen and oxygen atoms in total. The highest BCUT2D eigenvalue weighted by Gasteiger charge is 2.25. The first-order valence-corrected chi connectivity index (χ1v) is 5.48. The number of rotatable bonds is 1. The smallest absolute Gasteiger partial charge is 0.159 e. The first-order chi connectivity index (χ1) is 7.18. The summed E-state index contributed by atoms with van der Waals surface area (Å²) in [6.45, 7) is 4.17. The highest BCUT2D eigenvalue weighted by atomic mass is 16.1. The van der Waals surface area contributed by atoms with Gasteiger partial charge in [0.25, 0.3) is 0 Å². The molecule has 0 aliphatic heterocycles. The van der Waals surface area contributed by atoms with Crippen LogP contribution in [0, 0.1) is 11.8 Å². The number of allylic oxidation sites excluding steroid dienone is 2. The van der Waals surface area contributed by atoms with E-state index in [0.29, 0.717) is 5.92 Å². The summed E-state index contributed by atoms with van der Waals surface area (Å²) < 4.78 is 0. The van der Waals surface area contributed by atoms with Gasteiger partial charge in [-0.2, -0.15) is 0 Å². The monoisotopic (exact) mass is 200 g/mol. The molecule has 0 amide bonds. The van der Waals surface area contributed by atoms with Crippen LogP contribution < -0.4 is 0 Å². The van der Waals surface area contributed by atoms with Crippen LogP contribution in [0.4, 0.5) is 0 Å². The second kappa shape index (κ2) is 4.01. The summed E-state index contributed by atoms with van der Waals surface area (Å²) >= 11 is 0. The quantitative estimate of drug-likeness (QED) is 0.679. The third-order valence-electron chi connectivity index (χ3n) is 3.31.